The summed E-state index contributed by atoms with van der Waals surface area (Å²) in [4.78, 5) is 26.4. The zero-order valence-corrected chi connectivity index (χ0v) is 12.5. The summed E-state index contributed by atoms with van der Waals surface area (Å²) in [5.41, 5.74) is 0. The predicted octanol–water partition coefficient (Wildman–Crippen LogP) is 2.33. The molecule has 1 atom stereocenters. The lowest BCUT2D eigenvalue weighted by Crippen LogP contribution is -2.39. The summed E-state index contributed by atoms with van der Waals surface area (Å²) in [6.07, 6.45) is 1.70. The van der Waals surface area contributed by atoms with Crippen LogP contribution in [0.1, 0.15) is 30.8 Å². The third-order valence-electron chi connectivity index (χ3n) is 3.84. The van der Waals surface area contributed by atoms with Crippen LogP contribution in [0.5, 0.6) is 0 Å². The van der Waals surface area contributed by atoms with Crippen LogP contribution in [0, 0.1) is 12.8 Å². The maximum atomic E-state index is 12.3. The van der Waals surface area contributed by atoms with Gasteiger partial charge in [0.15, 0.2) is 0 Å². The van der Waals surface area contributed by atoms with Crippen LogP contribution in [-0.4, -0.2) is 47.0 Å². The van der Waals surface area contributed by atoms with Gasteiger partial charge >= 0.3 is 12.0 Å². The first-order valence-corrected chi connectivity index (χ1v) is 7.23. The smallest absolute Gasteiger partial charge is 0.320 e. The molecule has 2 amide bonds. The molecule has 1 aliphatic heterocycles. The minimum Gasteiger partial charge on any atom is -0.481 e. The maximum Gasteiger partial charge on any atom is 0.320 e. The Labute approximate surface area is 124 Å². The van der Waals surface area contributed by atoms with Crippen molar-refractivity contribution in [1.82, 2.24) is 9.80 Å². The van der Waals surface area contributed by atoms with Gasteiger partial charge in [0.2, 0.25) is 0 Å². The van der Waals surface area contributed by atoms with E-state index < -0.39 is 5.97 Å². The Hall–Kier alpha value is -1.98. The molecule has 1 unspecified atom stereocenters. The fourth-order valence-corrected chi connectivity index (χ4v) is 2.68. The minimum atomic E-state index is -0.773. The molecule has 0 saturated carbocycles. The monoisotopic (exact) mass is 294 g/mol. The van der Waals surface area contributed by atoms with E-state index in [-0.39, 0.29) is 12.5 Å². The zero-order valence-electron chi connectivity index (χ0n) is 12.5. The summed E-state index contributed by atoms with van der Waals surface area (Å²) in [7, 11) is 1.75. The van der Waals surface area contributed by atoms with Crippen LogP contribution in [0.4, 0.5) is 4.79 Å². The fraction of sp³-hybridized carbons (Fsp3) is 0.600. The summed E-state index contributed by atoms with van der Waals surface area (Å²) in [6.45, 7) is 3.67. The van der Waals surface area contributed by atoms with E-state index >= 15 is 0 Å². The molecular weight excluding hydrogens is 272 g/mol. The van der Waals surface area contributed by atoms with Gasteiger partial charge in [-0.25, -0.2) is 4.79 Å². The van der Waals surface area contributed by atoms with E-state index in [1.807, 2.05) is 19.1 Å². The van der Waals surface area contributed by atoms with Crippen molar-refractivity contribution in [1.29, 1.82) is 0 Å². The van der Waals surface area contributed by atoms with Gasteiger partial charge in [0.1, 0.15) is 11.5 Å². The summed E-state index contributed by atoms with van der Waals surface area (Å²) < 4.78 is 5.48. The van der Waals surface area contributed by atoms with Crippen molar-refractivity contribution in [3.63, 3.8) is 0 Å². The van der Waals surface area contributed by atoms with Crippen LogP contribution in [0.3, 0.4) is 0 Å². The standard InChI is InChI=1S/C15H22N2O4/c1-11-3-5-13(21-11)10-16(2)15(20)17-8-7-12(9-17)4-6-14(18)19/h3,5,12H,4,6-10H2,1-2H3,(H,18,19). The van der Waals surface area contributed by atoms with Crippen LogP contribution in [0.2, 0.25) is 0 Å². The molecule has 6 nitrogen and oxygen atoms in total. The number of carboxylic acids is 1. The van der Waals surface area contributed by atoms with Gasteiger partial charge in [-0.3, -0.25) is 4.79 Å². The number of carboxylic acid groups (broad SMARTS) is 1. The van der Waals surface area contributed by atoms with Crippen molar-refractivity contribution in [3.8, 4) is 0 Å². The van der Waals surface area contributed by atoms with Gasteiger partial charge in [0.05, 0.1) is 6.54 Å². The lowest BCUT2D eigenvalue weighted by Gasteiger charge is -2.24. The van der Waals surface area contributed by atoms with E-state index in [1.54, 1.807) is 16.8 Å². The average molecular weight is 294 g/mol. The van der Waals surface area contributed by atoms with Crippen LogP contribution < -0.4 is 0 Å². The van der Waals surface area contributed by atoms with Crippen molar-refractivity contribution in [2.45, 2.75) is 32.7 Å². The van der Waals surface area contributed by atoms with Crippen LogP contribution in [0.25, 0.3) is 0 Å². The van der Waals surface area contributed by atoms with E-state index in [9.17, 15) is 9.59 Å². The van der Waals surface area contributed by atoms with Crippen LogP contribution >= 0.6 is 0 Å². The molecule has 116 valence electrons. The number of nitrogens with zero attached hydrogens (tertiary/aromatic N) is 2. The normalized spacial score (nSPS) is 18.0. The quantitative estimate of drug-likeness (QED) is 0.904. The molecule has 1 aromatic rings. The highest BCUT2D eigenvalue weighted by Crippen LogP contribution is 2.22. The Balaban J connectivity index is 1.81. The highest BCUT2D eigenvalue weighted by molar-refractivity contribution is 5.74. The molecule has 6 heteroatoms. The van der Waals surface area contributed by atoms with E-state index in [1.165, 1.54) is 0 Å². The molecule has 2 heterocycles. The highest BCUT2D eigenvalue weighted by Gasteiger charge is 2.28. The molecule has 0 bridgehead atoms. The SMILES string of the molecule is Cc1ccc(CN(C)C(=O)N2CCC(CCC(=O)O)C2)o1. The lowest BCUT2D eigenvalue weighted by molar-refractivity contribution is -0.137. The molecule has 1 fully saturated rings. The van der Waals surface area contributed by atoms with Gasteiger partial charge < -0.3 is 19.3 Å². The van der Waals surface area contributed by atoms with Crippen molar-refractivity contribution < 1.29 is 19.1 Å². The number of hydrogen-bond acceptors (Lipinski definition) is 3. The van der Waals surface area contributed by atoms with Crippen molar-refractivity contribution >= 4 is 12.0 Å². The summed E-state index contributed by atoms with van der Waals surface area (Å²) in [6, 6.07) is 3.73. The molecule has 21 heavy (non-hydrogen) atoms. The van der Waals surface area contributed by atoms with Gasteiger partial charge in [-0.2, -0.15) is 0 Å². The molecule has 2 rings (SSSR count). The van der Waals surface area contributed by atoms with E-state index in [0.717, 1.165) is 17.9 Å². The summed E-state index contributed by atoms with van der Waals surface area (Å²) in [5.74, 6) is 1.13. The topological polar surface area (TPSA) is 74.0 Å². The Kier molecular flexibility index (Phi) is 4.88. The number of aliphatic carboxylic acids is 1. The molecule has 1 saturated heterocycles. The van der Waals surface area contributed by atoms with E-state index in [2.05, 4.69) is 0 Å². The summed E-state index contributed by atoms with van der Waals surface area (Å²) in [5, 5.41) is 8.70. The Morgan fingerprint density at radius 2 is 2.24 bits per heavy atom. The number of urea groups is 1. The first-order chi connectivity index (χ1) is 9.95. The fourth-order valence-electron chi connectivity index (χ4n) is 2.68. The molecule has 1 aromatic heterocycles. The second kappa shape index (κ2) is 6.65. The predicted molar refractivity (Wildman–Crippen MR) is 76.9 cm³/mol. The number of furan rings is 1. The third-order valence-corrected chi connectivity index (χ3v) is 3.84. The Bertz CT molecular complexity index is 512. The van der Waals surface area contributed by atoms with Crippen LogP contribution in [0.15, 0.2) is 16.5 Å². The Morgan fingerprint density at radius 3 is 2.86 bits per heavy atom. The summed E-state index contributed by atoms with van der Waals surface area (Å²) >= 11 is 0. The number of amides is 2. The van der Waals surface area contributed by atoms with E-state index in [4.69, 9.17) is 9.52 Å². The largest absolute Gasteiger partial charge is 0.481 e. The first-order valence-electron chi connectivity index (χ1n) is 7.23. The van der Waals surface area contributed by atoms with Gasteiger partial charge in [0, 0.05) is 26.6 Å². The second-order valence-electron chi connectivity index (χ2n) is 5.68. The number of aryl methyl sites for hydroxylation is 1. The van der Waals surface area contributed by atoms with Crippen molar-refractivity contribution in [2.24, 2.45) is 5.92 Å². The van der Waals surface area contributed by atoms with E-state index in [0.29, 0.717) is 32.0 Å². The van der Waals surface area contributed by atoms with Gasteiger partial charge in [-0.1, -0.05) is 0 Å². The molecule has 0 radical (unpaired) electrons. The zero-order chi connectivity index (χ0) is 15.4. The van der Waals surface area contributed by atoms with Crippen molar-refractivity contribution in [2.75, 3.05) is 20.1 Å². The molecular formula is C15H22N2O4. The second-order valence-corrected chi connectivity index (χ2v) is 5.68. The maximum absolute atomic E-state index is 12.3. The van der Waals surface area contributed by atoms with Gasteiger partial charge in [-0.05, 0) is 37.8 Å². The highest BCUT2D eigenvalue weighted by atomic mass is 16.4. The molecule has 1 aliphatic rings. The number of carbonyl (C=O) groups is 2. The Morgan fingerprint density at radius 1 is 1.48 bits per heavy atom. The van der Waals surface area contributed by atoms with Gasteiger partial charge in [-0.15, -0.1) is 0 Å². The first kappa shape index (κ1) is 15.4. The molecule has 0 aromatic carbocycles. The molecule has 1 N–H and O–H groups in total. The number of rotatable bonds is 5. The number of carbonyl (C=O) groups excluding carboxylic acids is 1. The lowest BCUT2D eigenvalue weighted by atomic mass is 10.0. The van der Waals surface area contributed by atoms with Gasteiger partial charge in [0.25, 0.3) is 0 Å². The average Bonchev–Trinajstić information content (AvgIpc) is 3.04. The molecule has 0 spiro atoms. The molecule has 0 aliphatic carbocycles. The van der Waals surface area contributed by atoms with Crippen LogP contribution in [-0.2, 0) is 11.3 Å². The van der Waals surface area contributed by atoms with Crippen molar-refractivity contribution in [3.05, 3.63) is 23.7 Å². The number of likely N-dealkylation sites (tertiary alicyclic amines) is 1. The number of hydrogen-bond donors (Lipinski definition) is 1. The third kappa shape index (κ3) is 4.24. The minimum absolute atomic E-state index is 0.0260.